The number of allylic oxidation sites excluding steroid dienone is 4. The van der Waals surface area contributed by atoms with Crippen molar-refractivity contribution in [2.24, 2.45) is 0 Å². The maximum atomic E-state index is 5.01. The highest BCUT2D eigenvalue weighted by Crippen LogP contribution is 2.18. The van der Waals surface area contributed by atoms with Crippen molar-refractivity contribution in [2.75, 3.05) is 0 Å². The van der Waals surface area contributed by atoms with Gasteiger partial charge in [-0.25, -0.2) is 29.9 Å². The molecule has 0 saturated carbocycles. The largest absolute Gasteiger partial charge is 0.328 e. The van der Waals surface area contributed by atoms with Crippen LogP contribution >= 0.6 is 0 Å². The minimum absolute atomic E-state index is 0.382. The van der Waals surface area contributed by atoms with E-state index in [1.165, 1.54) is 0 Å². The van der Waals surface area contributed by atoms with E-state index in [1.807, 2.05) is 130 Å². The number of hydrogen-bond donors (Lipinski definition) is 2. The molecule has 8 nitrogen and oxygen atoms in total. The van der Waals surface area contributed by atoms with Crippen molar-refractivity contribution in [3.63, 3.8) is 0 Å². The smallest absolute Gasteiger partial charge is 0.163 e. The van der Waals surface area contributed by atoms with Crippen LogP contribution in [-0.4, -0.2) is 39.9 Å². The van der Waals surface area contributed by atoms with E-state index in [0.29, 0.717) is 52.3 Å². The van der Waals surface area contributed by atoms with Crippen molar-refractivity contribution in [2.45, 2.75) is 27.2 Å². The standard InChI is InChI=1S/C36H34N8/c1-25-37-26(2)40-34(30-19-11-6-12-20-30)44-36(32-23-15-8-16-24-32)42-28(4)38-27(3)41-35(31-21-13-7-14-22-31)43-33(39-25)29-17-9-5-10-18-29/h5-17,19-24,39H,1,18H2,2-4H3,(H,37,38,40,41,42,43,44)/b33-29+. The number of rotatable bonds is 3. The first-order valence-corrected chi connectivity index (χ1v) is 14.3. The summed E-state index contributed by atoms with van der Waals surface area (Å²) in [7, 11) is 0. The van der Waals surface area contributed by atoms with E-state index in [4.69, 9.17) is 24.9 Å². The lowest BCUT2D eigenvalue weighted by molar-refractivity contribution is 0.938. The summed E-state index contributed by atoms with van der Waals surface area (Å²) in [4.78, 5) is 35.9. The van der Waals surface area contributed by atoms with Gasteiger partial charge in [0, 0.05) is 16.7 Å². The summed E-state index contributed by atoms with van der Waals surface area (Å²) in [5.41, 5.74) is 4.49. The zero-order chi connectivity index (χ0) is 30.7. The van der Waals surface area contributed by atoms with Crippen molar-refractivity contribution < 1.29 is 0 Å². The van der Waals surface area contributed by atoms with Gasteiger partial charge in [0.25, 0.3) is 0 Å². The van der Waals surface area contributed by atoms with Gasteiger partial charge in [-0.1, -0.05) is 122 Å². The van der Waals surface area contributed by atoms with E-state index in [2.05, 4.69) is 27.6 Å². The molecule has 1 aliphatic carbocycles. The molecule has 0 atom stereocenters. The third kappa shape index (κ3) is 8.17. The summed E-state index contributed by atoms with van der Waals surface area (Å²) in [5.74, 6) is 3.17. The van der Waals surface area contributed by atoms with E-state index in [1.54, 1.807) is 0 Å². The van der Waals surface area contributed by atoms with Crippen LogP contribution in [0.3, 0.4) is 0 Å². The molecule has 0 unspecified atom stereocenters. The first kappa shape index (κ1) is 29.7. The van der Waals surface area contributed by atoms with Crippen LogP contribution in [0.2, 0.25) is 0 Å². The number of benzene rings is 3. The molecule has 44 heavy (non-hydrogen) atoms. The Kier molecular flexibility index (Phi) is 9.74. The molecule has 218 valence electrons. The van der Waals surface area contributed by atoms with Crippen LogP contribution in [0.5, 0.6) is 0 Å². The summed E-state index contributed by atoms with van der Waals surface area (Å²) >= 11 is 0. The molecule has 0 bridgehead atoms. The average molecular weight is 579 g/mol. The topological polar surface area (TPSA) is 109 Å². The van der Waals surface area contributed by atoms with E-state index >= 15 is 0 Å². The van der Waals surface area contributed by atoms with Gasteiger partial charge in [0.05, 0.1) is 0 Å². The average Bonchev–Trinajstić information content (AvgIpc) is 3.04. The summed E-state index contributed by atoms with van der Waals surface area (Å²) in [5, 5.41) is 0. The summed E-state index contributed by atoms with van der Waals surface area (Å²) < 4.78 is 0. The molecule has 3 aromatic carbocycles. The fourth-order valence-corrected chi connectivity index (χ4v) is 4.48. The van der Waals surface area contributed by atoms with Crippen molar-refractivity contribution in [1.82, 2.24) is 39.9 Å². The van der Waals surface area contributed by atoms with E-state index in [0.717, 1.165) is 22.3 Å². The Labute approximate surface area is 256 Å². The third-order valence-electron chi connectivity index (χ3n) is 6.46. The first-order valence-electron chi connectivity index (χ1n) is 14.3. The molecule has 4 aromatic rings. The normalized spacial score (nSPS) is 13.0. The number of aromatic nitrogens is 8. The van der Waals surface area contributed by atoms with E-state index in [-0.39, 0.29) is 0 Å². The molecule has 8 heteroatoms. The Morgan fingerprint density at radius 2 is 1.11 bits per heavy atom. The third-order valence-corrected chi connectivity index (χ3v) is 6.46. The zero-order valence-electron chi connectivity index (χ0n) is 25.1. The van der Waals surface area contributed by atoms with Gasteiger partial charge in [-0.15, -0.1) is 0 Å². The summed E-state index contributed by atoms with van der Waals surface area (Å²) in [6, 6.07) is 29.5. The summed E-state index contributed by atoms with van der Waals surface area (Å²) in [6.07, 6.45) is 8.77. The highest BCUT2D eigenvalue weighted by molar-refractivity contribution is 5.61. The second-order valence-electron chi connectivity index (χ2n) is 10.0. The van der Waals surface area contributed by atoms with Crippen molar-refractivity contribution in [3.8, 4) is 34.2 Å². The lowest BCUT2D eigenvalue weighted by Crippen LogP contribution is -2.24. The molecule has 1 aromatic heterocycles. The molecule has 0 aliphatic heterocycles. The molecule has 5 rings (SSSR count). The lowest BCUT2D eigenvalue weighted by atomic mass is 10.1. The van der Waals surface area contributed by atoms with Crippen LogP contribution in [0.4, 0.5) is 0 Å². The maximum absolute atomic E-state index is 5.01. The van der Waals surface area contributed by atoms with Gasteiger partial charge in [0.1, 0.15) is 34.3 Å². The number of nitrogens with one attached hydrogen (secondary N) is 2. The Balaban J connectivity index is 1.93. The van der Waals surface area contributed by atoms with Gasteiger partial charge in [0.15, 0.2) is 11.6 Å². The lowest BCUT2D eigenvalue weighted by Gasteiger charge is -2.04. The number of nitrogens with zero attached hydrogens (tertiary/aromatic N) is 6. The fraction of sp³-hybridized carbons (Fsp3) is 0.111. The second-order valence-corrected chi connectivity index (χ2v) is 10.0. The van der Waals surface area contributed by atoms with Crippen molar-refractivity contribution in [1.29, 1.82) is 0 Å². The van der Waals surface area contributed by atoms with Gasteiger partial charge < -0.3 is 9.97 Å². The molecule has 0 saturated heterocycles. The SMILES string of the molecule is C=c1nc(C)nc(-c2ccccc2)nc(-c2ccccc2)[nH]c(C)nc(C)nc(-c2ccccc2)n/c(=C2\C=CC=CC2)[nH]1. The number of aromatic amines is 2. The van der Waals surface area contributed by atoms with Crippen LogP contribution in [-0.2, 0) is 0 Å². The molecular weight excluding hydrogens is 544 g/mol. The minimum atomic E-state index is 0.382. The van der Waals surface area contributed by atoms with Gasteiger partial charge in [0.2, 0.25) is 0 Å². The first-order chi connectivity index (χ1) is 21.4. The zero-order valence-corrected chi connectivity index (χ0v) is 25.1. The highest BCUT2D eigenvalue weighted by atomic mass is 15.0. The minimum Gasteiger partial charge on any atom is -0.328 e. The van der Waals surface area contributed by atoms with Crippen LogP contribution in [0.1, 0.15) is 23.9 Å². The Hall–Kier alpha value is -5.76. The Bertz CT molecular complexity index is 1970. The van der Waals surface area contributed by atoms with Crippen LogP contribution in [0, 0.1) is 20.8 Å². The number of aryl methyl sites for hydroxylation is 3. The molecule has 2 N–H and O–H groups in total. The summed E-state index contributed by atoms with van der Waals surface area (Å²) in [6.45, 7) is 9.72. The number of hydrogen-bond acceptors (Lipinski definition) is 6. The van der Waals surface area contributed by atoms with Gasteiger partial charge in [-0.05, 0) is 32.8 Å². The van der Waals surface area contributed by atoms with E-state index < -0.39 is 0 Å². The maximum Gasteiger partial charge on any atom is 0.163 e. The van der Waals surface area contributed by atoms with Gasteiger partial charge in [-0.3, -0.25) is 0 Å². The van der Waals surface area contributed by atoms with Crippen LogP contribution in [0.15, 0.2) is 115 Å². The van der Waals surface area contributed by atoms with E-state index in [9.17, 15) is 0 Å². The molecule has 0 spiro atoms. The predicted molar refractivity (Wildman–Crippen MR) is 176 cm³/mol. The molecule has 0 amide bonds. The Morgan fingerprint density at radius 1 is 0.568 bits per heavy atom. The fourth-order valence-electron chi connectivity index (χ4n) is 4.48. The quantitative estimate of drug-likeness (QED) is 0.305. The van der Waals surface area contributed by atoms with Crippen LogP contribution < -0.4 is 11.0 Å². The monoisotopic (exact) mass is 578 g/mol. The van der Waals surface area contributed by atoms with Crippen molar-refractivity contribution >= 4 is 12.2 Å². The molecule has 0 radical (unpaired) electrons. The Morgan fingerprint density at radius 3 is 1.68 bits per heavy atom. The van der Waals surface area contributed by atoms with Crippen LogP contribution in [0.25, 0.3) is 46.3 Å². The molecule has 1 aliphatic rings. The van der Waals surface area contributed by atoms with Gasteiger partial charge >= 0.3 is 0 Å². The second kappa shape index (κ2) is 14.4. The van der Waals surface area contributed by atoms with Crippen molar-refractivity contribution in [3.05, 3.63) is 144 Å². The predicted octanol–water partition coefficient (Wildman–Crippen LogP) is 6.09. The number of H-pyrrole nitrogens is 2. The highest BCUT2D eigenvalue weighted by Gasteiger charge is 2.05. The molecule has 0 fully saturated rings. The van der Waals surface area contributed by atoms with Gasteiger partial charge in [-0.2, -0.15) is 0 Å². The molecule has 1 heterocycles. The molecular formula is C36H34N8.